The lowest BCUT2D eigenvalue weighted by atomic mass is 9.89. The summed E-state index contributed by atoms with van der Waals surface area (Å²) < 4.78 is 44.8. The molecule has 4 rings (SSSR count). The number of piperidine rings is 1. The summed E-state index contributed by atoms with van der Waals surface area (Å²) in [6.45, 7) is 4.49. The number of carbonyl (C=O) groups is 1. The van der Waals surface area contributed by atoms with E-state index in [0.29, 0.717) is 30.9 Å². The number of anilines is 1. The van der Waals surface area contributed by atoms with Crippen LogP contribution in [0.1, 0.15) is 30.0 Å². The quantitative estimate of drug-likeness (QED) is 0.802. The highest BCUT2D eigenvalue weighted by atomic mass is 19.4. The number of halogens is 3. The van der Waals surface area contributed by atoms with Crippen LogP contribution in [-0.4, -0.2) is 24.7 Å². The molecule has 2 aliphatic rings. The molecule has 0 aliphatic carbocycles. The van der Waals surface area contributed by atoms with Crippen molar-refractivity contribution < 1.29 is 22.7 Å². The molecule has 2 heterocycles. The normalized spacial score (nSPS) is 20.8. The second kappa shape index (κ2) is 6.89. The summed E-state index contributed by atoms with van der Waals surface area (Å²) in [6, 6.07) is 11.7. The van der Waals surface area contributed by atoms with Crippen LogP contribution in [-0.2, 0) is 4.79 Å². The first-order valence-corrected chi connectivity index (χ1v) is 9.06. The molecule has 0 unspecified atom stereocenters. The number of hydrogen-bond donors (Lipinski definition) is 1. The summed E-state index contributed by atoms with van der Waals surface area (Å²) in [7, 11) is 0. The maximum absolute atomic E-state index is 12.9. The molecular weight excluding hydrogens is 369 g/mol. The zero-order valence-electron chi connectivity index (χ0n) is 15.0. The molecule has 0 saturated carbocycles. The predicted molar refractivity (Wildman–Crippen MR) is 100 cm³/mol. The van der Waals surface area contributed by atoms with Crippen molar-refractivity contribution >= 4 is 17.7 Å². The van der Waals surface area contributed by atoms with Gasteiger partial charge in [-0.05, 0) is 25.0 Å². The van der Waals surface area contributed by atoms with Gasteiger partial charge in [0.1, 0.15) is 5.75 Å². The first-order valence-electron chi connectivity index (χ1n) is 9.06. The SMILES string of the molecule is C=Cc1cccc2c1N1CCC[C@@H](NC(=O)C(F)(F)F)[C@H]1c1ccccc1O2. The molecule has 2 aliphatic heterocycles. The third kappa shape index (κ3) is 3.10. The van der Waals surface area contributed by atoms with Gasteiger partial charge in [-0.25, -0.2) is 0 Å². The molecule has 7 heteroatoms. The third-order valence-corrected chi connectivity index (χ3v) is 5.20. The van der Waals surface area contributed by atoms with Gasteiger partial charge in [-0.15, -0.1) is 0 Å². The molecule has 1 amide bonds. The van der Waals surface area contributed by atoms with Crippen LogP contribution >= 0.6 is 0 Å². The van der Waals surface area contributed by atoms with Gasteiger partial charge in [0.05, 0.1) is 17.8 Å². The summed E-state index contributed by atoms with van der Waals surface area (Å²) in [6.07, 6.45) is -2.13. The number of alkyl halides is 3. The fraction of sp³-hybridized carbons (Fsp3) is 0.286. The van der Waals surface area contributed by atoms with Crippen LogP contribution in [0.15, 0.2) is 49.0 Å². The lowest BCUT2D eigenvalue weighted by Gasteiger charge is -2.43. The van der Waals surface area contributed by atoms with Gasteiger partial charge in [0, 0.05) is 17.7 Å². The molecule has 0 aromatic heterocycles. The molecule has 0 bridgehead atoms. The fourth-order valence-electron chi connectivity index (χ4n) is 4.06. The van der Waals surface area contributed by atoms with E-state index >= 15 is 0 Å². The van der Waals surface area contributed by atoms with Gasteiger partial charge in [0.2, 0.25) is 0 Å². The Hall–Kier alpha value is -2.96. The topological polar surface area (TPSA) is 41.6 Å². The van der Waals surface area contributed by atoms with Gasteiger partial charge in [0.25, 0.3) is 0 Å². The van der Waals surface area contributed by atoms with E-state index in [1.165, 1.54) is 0 Å². The number of hydrogen-bond acceptors (Lipinski definition) is 3. The van der Waals surface area contributed by atoms with Gasteiger partial charge >= 0.3 is 12.1 Å². The fourth-order valence-corrected chi connectivity index (χ4v) is 4.06. The summed E-state index contributed by atoms with van der Waals surface area (Å²) >= 11 is 0. The first-order chi connectivity index (χ1) is 13.4. The van der Waals surface area contributed by atoms with Crippen LogP contribution in [0.5, 0.6) is 11.5 Å². The van der Waals surface area contributed by atoms with E-state index in [9.17, 15) is 18.0 Å². The number of ether oxygens (including phenoxy) is 1. The van der Waals surface area contributed by atoms with Crippen LogP contribution in [0.25, 0.3) is 6.08 Å². The zero-order valence-corrected chi connectivity index (χ0v) is 15.0. The van der Waals surface area contributed by atoms with Crippen LogP contribution in [0.3, 0.4) is 0 Å². The Balaban J connectivity index is 1.85. The molecule has 1 saturated heterocycles. The largest absolute Gasteiger partial charge is 0.471 e. The maximum atomic E-state index is 12.9. The highest BCUT2D eigenvalue weighted by Gasteiger charge is 2.44. The van der Waals surface area contributed by atoms with E-state index in [1.807, 2.05) is 41.3 Å². The lowest BCUT2D eigenvalue weighted by Crippen LogP contribution is -2.52. The van der Waals surface area contributed by atoms with E-state index in [1.54, 1.807) is 12.1 Å². The van der Waals surface area contributed by atoms with E-state index in [-0.39, 0.29) is 0 Å². The second-order valence-electron chi connectivity index (χ2n) is 6.90. The van der Waals surface area contributed by atoms with Crippen molar-refractivity contribution in [2.45, 2.75) is 31.1 Å². The van der Waals surface area contributed by atoms with Gasteiger partial charge in [-0.1, -0.05) is 43.0 Å². The molecule has 146 valence electrons. The Morgan fingerprint density at radius 1 is 1.18 bits per heavy atom. The molecule has 2 aromatic carbocycles. The van der Waals surface area contributed by atoms with Crippen molar-refractivity contribution in [2.24, 2.45) is 0 Å². The van der Waals surface area contributed by atoms with Gasteiger partial charge in [0.15, 0.2) is 5.75 Å². The maximum Gasteiger partial charge on any atom is 0.471 e. The van der Waals surface area contributed by atoms with Crippen molar-refractivity contribution in [2.75, 3.05) is 11.4 Å². The Morgan fingerprint density at radius 2 is 1.93 bits per heavy atom. The molecular formula is C21H19F3N2O2. The Morgan fingerprint density at radius 3 is 2.68 bits per heavy atom. The standard InChI is InChI=1S/C21H19F3N2O2/c1-2-13-7-5-11-17-18(13)26-12-6-9-15(25-20(27)21(22,23)24)19(26)14-8-3-4-10-16(14)28-17/h2-5,7-8,10-11,15,19H,1,6,9,12H2,(H,25,27)/t15-,19-/m1/s1. The van der Waals surface area contributed by atoms with Gasteiger partial charge in [-0.2, -0.15) is 13.2 Å². The van der Waals surface area contributed by atoms with E-state index in [2.05, 4.69) is 11.9 Å². The number of carbonyl (C=O) groups excluding carboxylic acids is 1. The summed E-state index contributed by atoms with van der Waals surface area (Å²) in [5.41, 5.74) is 2.36. The van der Waals surface area contributed by atoms with Gasteiger partial charge < -0.3 is 15.0 Å². The minimum absolute atomic E-state index is 0.447. The van der Waals surface area contributed by atoms with Crippen molar-refractivity contribution in [3.63, 3.8) is 0 Å². The van der Waals surface area contributed by atoms with Crippen molar-refractivity contribution in [1.29, 1.82) is 0 Å². The Labute approximate surface area is 160 Å². The molecule has 1 N–H and O–H groups in total. The predicted octanol–water partition coefficient (Wildman–Crippen LogP) is 4.82. The van der Waals surface area contributed by atoms with Crippen molar-refractivity contribution in [3.05, 3.63) is 60.2 Å². The number of rotatable bonds is 2. The summed E-state index contributed by atoms with van der Waals surface area (Å²) in [5.74, 6) is -0.722. The molecule has 4 nitrogen and oxygen atoms in total. The number of nitrogens with one attached hydrogen (secondary N) is 1. The summed E-state index contributed by atoms with van der Waals surface area (Å²) in [5, 5.41) is 2.21. The van der Waals surface area contributed by atoms with Crippen molar-refractivity contribution in [3.8, 4) is 11.5 Å². The number of nitrogens with zero attached hydrogens (tertiary/aromatic N) is 1. The Bertz CT molecular complexity index is 926. The van der Waals surface area contributed by atoms with Crippen LogP contribution in [0.4, 0.5) is 18.9 Å². The van der Waals surface area contributed by atoms with E-state index < -0.39 is 24.2 Å². The molecule has 2 atom stereocenters. The first kappa shape index (κ1) is 18.4. The minimum Gasteiger partial charge on any atom is -0.455 e. The molecule has 0 radical (unpaired) electrons. The van der Waals surface area contributed by atoms with Crippen LogP contribution in [0.2, 0.25) is 0 Å². The van der Waals surface area contributed by atoms with Crippen molar-refractivity contribution in [1.82, 2.24) is 5.32 Å². The van der Waals surface area contributed by atoms with Crippen LogP contribution < -0.4 is 15.0 Å². The highest BCUT2D eigenvalue weighted by molar-refractivity contribution is 5.82. The third-order valence-electron chi connectivity index (χ3n) is 5.20. The second-order valence-corrected chi connectivity index (χ2v) is 6.90. The monoisotopic (exact) mass is 388 g/mol. The summed E-state index contributed by atoms with van der Waals surface area (Å²) in [4.78, 5) is 13.7. The molecule has 28 heavy (non-hydrogen) atoms. The zero-order chi connectivity index (χ0) is 19.9. The lowest BCUT2D eigenvalue weighted by molar-refractivity contribution is -0.174. The van der Waals surface area contributed by atoms with Crippen LogP contribution in [0, 0.1) is 0 Å². The smallest absolute Gasteiger partial charge is 0.455 e. The van der Waals surface area contributed by atoms with E-state index in [4.69, 9.17) is 4.74 Å². The average Bonchev–Trinajstić information content (AvgIpc) is 2.82. The highest BCUT2D eigenvalue weighted by Crippen LogP contribution is 2.49. The Kier molecular flexibility index (Phi) is 4.53. The average molecular weight is 388 g/mol. The molecule has 2 aromatic rings. The van der Waals surface area contributed by atoms with E-state index in [0.717, 1.165) is 16.8 Å². The van der Waals surface area contributed by atoms with Gasteiger partial charge in [-0.3, -0.25) is 4.79 Å². The number of benzene rings is 2. The minimum atomic E-state index is -4.92. The number of amides is 1. The number of para-hydroxylation sites is 2. The molecule has 1 fully saturated rings. The number of fused-ring (bicyclic) bond motifs is 5. The molecule has 0 spiro atoms.